The van der Waals surface area contributed by atoms with Crippen LogP contribution in [0, 0.1) is 17.0 Å². The Balaban J connectivity index is 1.87. The summed E-state index contributed by atoms with van der Waals surface area (Å²) in [6.07, 6.45) is 1.81. The van der Waals surface area contributed by atoms with E-state index in [-0.39, 0.29) is 11.3 Å². The number of nitrogens with zero attached hydrogens (tertiary/aromatic N) is 4. The third kappa shape index (κ3) is 2.69. The van der Waals surface area contributed by atoms with Gasteiger partial charge >= 0.3 is 0 Å². The molecule has 0 bridgehead atoms. The molecule has 3 rings (SSSR count). The van der Waals surface area contributed by atoms with Gasteiger partial charge in [0.1, 0.15) is 0 Å². The number of fused-ring (bicyclic) bond motifs is 1. The number of aromatic nitrogens is 3. The number of amides is 1. The van der Waals surface area contributed by atoms with Crippen LogP contribution >= 0.6 is 0 Å². The highest BCUT2D eigenvalue weighted by Gasteiger charge is 2.21. The minimum Gasteiger partial charge on any atom is -0.342 e. The van der Waals surface area contributed by atoms with E-state index >= 15 is 0 Å². The van der Waals surface area contributed by atoms with Crippen LogP contribution in [0.4, 0.5) is 5.69 Å². The van der Waals surface area contributed by atoms with Gasteiger partial charge in [-0.2, -0.15) is 0 Å². The number of hydrogen-bond acceptors (Lipinski definition) is 5. The molecular formula is C16H15N5O3. The molecule has 24 heavy (non-hydrogen) atoms. The number of benzene rings is 1. The van der Waals surface area contributed by atoms with Crippen LogP contribution in [-0.2, 0) is 0 Å². The maximum Gasteiger partial charge on any atom is 0.273 e. The molecule has 1 amide bonds. The molecule has 0 aliphatic heterocycles. The standard InChI is InChI=1S/C16H15N5O3/c1-10-12(6-5-7-13(10)21(23)24)16(22)17-11(2)15-19-18-14-8-3-4-9-20(14)15/h3-9,11H,1-2H3,(H,17,22). The number of carbonyl (C=O) groups excluding carboxylic acids is 1. The molecule has 0 saturated heterocycles. The van der Waals surface area contributed by atoms with E-state index in [1.165, 1.54) is 12.1 Å². The van der Waals surface area contributed by atoms with Gasteiger partial charge in [0.2, 0.25) is 0 Å². The van der Waals surface area contributed by atoms with Crippen molar-refractivity contribution in [3.63, 3.8) is 0 Å². The molecule has 0 fully saturated rings. The highest BCUT2D eigenvalue weighted by Crippen LogP contribution is 2.22. The highest BCUT2D eigenvalue weighted by molar-refractivity contribution is 5.96. The lowest BCUT2D eigenvalue weighted by Crippen LogP contribution is -2.28. The Labute approximate surface area is 137 Å². The second-order valence-electron chi connectivity index (χ2n) is 5.39. The molecule has 2 heterocycles. The van der Waals surface area contributed by atoms with E-state index < -0.39 is 16.9 Å². The van der Waals surface area contributed by atoms with Crippen LogP contribution < -0.4 is 5.32 Å². The van der Waals surface area contributed by atoms with E-state index in [4.69, 9.17) is 0 Å². The molecule has 122 valence electrons. The first kappa shape index (κ1) is 15.6. The minimum absolute atomic E-state index is 0.0803. The van der Waals surface area contributed by atoms with Crippen LogP contribution in [0.1, 0.15) is 34.7 Å². The van der Waals surface area contributed by atoms with E-state index in [0.717, 1.165) is 0 Å². The van der Waals surface area contributed by atoms with Crippen molar-refractivity contribution < 1.29 is 9.72 Å². The Morgan fingerprint density at radius 1 is 1.25 bits per heavy atom. The summed E-state index contributed by atoms with van der Waals surface area (Å²) in [4.78, 5) is 23.0. The zero-order valence-corrected chi connectivity index (χ0v) is 13.1. The van der Waals surface area contributed by atoms with Gasteiger partial charge in [0.05, 0.1) is 11.0 Å². The van der Waals surface area contributed by atoms with Gasteiger partial charge in [-0.15, -0.1) is 10.2 Å². The molecule has 0 saturated carbocycles. The smallest absolute Gasteiger partial charge is 0.273 e. The lowest BCUT2D eigenvalue weighted by Gasteiger charge is -2.13. The van der Waals surface area contributed by atoms with Gasteiger partial charge in [0.15, 0.2) is 11.5 Å². The molecule has 8 nitrogen and oxygen atoms in total. The zero-order chi connectivity index (χ0) is 17.3. The predicted molar refractivity (Wildman–Crippen MR) is 86.7 cm³/mol. The molecule has 3 aromatic rings. The fourth-order valence-corrected chi connectivity index (χ4v) is 2.56. The van der Waals surface area contributed by atoms with Gasteiger partial charge in [-0.05, 0) is 32.0 Å². The number of nitro benzene ring substituents is 1. The fraction of sp³-hybridized carbons (Fsp3) is 0.188. The minimum atomic E-state index is -0.498. The van der Waals surface area contributed by atoms with Crippen molar-refractivity contribution in [3.05, 3.63) is 69.7 Å². The van der Waals surface area contributed by atoms with Crippen molar-refractivity contribution in [3.8, 4) is 0 Å². The molecule has 1 atom stereocenters. The van der Waals surface area contributed by atoms with Crippen LogP contribution in [0.5, 0.6) is 0 Å². The molecular weight excluding hydrogens is 310 g/mol. The van der Waals surface area contributed by atoms with E-state index in [2.05, 4.69) is 15.5 Å². The van der Waals surface area contributed by atoms with Crippen LogP contribution in [0.2, 0.25) is 0 Å². The van der Waals surface area contributed by atoms with Crippen molar-refractivity contribution in [1.29, 1.82) is 0 Å². The second-order valence-corrected chi connectivity index (χ2v) is 5.39. The van der Waals surface area contributed by atoms with Gasteiger partial charge < -0.3 is 5.32 Å². The summed E-state index contributed by atoms with van der Waals surface area (Å²) in [6.45, 7) is 3.35. The summed E-state index contributed by atoms with van der Waals surface area (Å²) >= 11 is 0. The lowest BCUT2D eigenvalue weighted by atomic mass is 10.1. The number of carbonyl (C=O) groups is 1. The summed E-state index contributed by atoms with van der Waals surface area (Å²) in [7, 11) is 0. The highest BCUT2D eigenvalue weighted by atomic mass is 16.6. The summed E-state index contributed by atoms with van der Waals surface area (Å²) in [5.41, 5.74) is 1.20. The van der Waals surface area contributed by atoms with Crippen LogP contribution in [-0.4, -0.2) is 25.4 Å². The van der Waals surface area contributed by atoms with Crippen LogP contribution in [0.15, 0.2) is 42.6 Å². The van der Waals surface area contributed by atoms with Crippen molar-refractivity contribution in [1.82, 2.24) is 19.9 Å². The van der Waals surface area contributed by atoms with Crippen molar-refractivity contribution in [2.24, 2.45) is 0 Å². The first-order chi connectivity index (χ1) is 11.5. The Bertz CT molecular complexity index is 934. The topological polar surface area (TPSA) is 102 Å². The lowest BCUT2D eigenvalue weighted by molar-refractivity contribution is -0.385. The second kappa shape index (κ2) is 6.07. The maximum atomic E-state index is 12.5. The van der Waals surface area contributed by atoms with Gasteiger partial charge in [0.25, 0.3) is 11.6 Å². The monoisotopic (exact) mass is 325 g/mol. The van der Waals surface area contributed by atoms with Gasteiger partial charge in [-0.1, -0.05) is 12.1 Å². The van der Waals surface area contributed by atoms with E-state index in [1.54, 1.807) is 24.3 Å². The molecule has 0 radical (unpaired) electrons. The zero-order valence-electron chi connectivity index (χ0n) is 13.1. The van der Waals surface area contributed by atoms with Crippen molar-refractivity contribution in [2.75, 3.05) is 0 Å². The van der Waals surface area contributed by atoms with Crippen molar-refractivity contribution >= 4 is 17.2 Å². The molecule has 1 N–H and O–H groups in total. The summed E-state index contributed by atoms with van der Waals surface area (Å²) in [5, 5.41) is 22.0. The molecule has 0 aliphatic carbocycles. The Hall–Kier alpha value is -3.29. The quantitative estimate of drug-likeness (QED) is 0.586. The predicted octanol–water partition coefficient (Wildman–Crippen LogP) is 2.44. The van der Waals surface area contributed by atoms with Gasteiger partial charge in [-0.25, -0.2) is 0 Å². The summed E-state index contributed by atoms with van der Waals surface area (Å²) in [6, 6.07) is 9.54. The third-order valence-corrected chi connectivity index (χ3v) is 3.82. The largest absolute Gasteiger partial charge is 0.342 e. The average Bonchev–Trinajstić information content (AvgIpc) is 2.98. The Morgan fingerprint density at radius 2 is 2.04 bits per heavy atom. The number of nitro groups is 1. The van der Waals surface area contributed by atoms with E-state index in [0.29, 0.717) is 17.0 Å². The molecule has 1 unspecified atom stereocenters. The van der Waals surface area contributed by atoms with Crippen molar-refractivity contribution in [2.45, 2.75) is 19.9 Å². The Kier molecular flexibility index (Phi) is 3.95. The molecule has 0 aliphatic rings. The summed E-state index contributed by atoms with van der Waals surface area (Å²) < 4.78 is 1.78. The normalized spacial score (nSPS) is 12.1. The Morgan fingerprint density at radius 3 is 2.79 bits per heavy atom. The average molecular weight is 325 g/mol. The molecule has 0 spiro atoms. The van der Waals surface area contributed by atoms with Gasteiger partial charge in [-0.3, -0.25) is 19.3 Å². The first-order valence-electron chi connectivity index (χ1n) is 7.33. The third-order valence-electron chi connectivity index (χ3n) is 3.82. The van der Waals surface area contributed by atoms with Gasteiger partial charge in [0, 0.05) is 23.4 Å². The number of rotatable bonds is 4. The molecule has 1 aromatic carbocycles. The van der Waals surface area contributed by atoms with E-state index in [1.807, 2.05) is 24.4 Å². The number of pyridine rings is 1. The summed E-state index contributed by atoms with van der Waals surface area (Å²) in [5.74, 6) is 0.193. The fourth-order valence-electron chi connectivity index (χ4n) is 2.56. The molecule has 2 aromatic heterocycles. The van der Waals surface area contributed by atoms with E-state index in [9.17, 15) is 14.9 Å². The van der Waals surface area contributed by atoms with Crippen LogP contribution in [0.3, 0.4) is 0 Å². The maximum absolute atomic E-state index is 12.5. The number of hydrogen-bond donors (Lipinski definition) is 1. The number of nitrogens with one attached hydrogen (secondary N) is 1. The molecule has 8 heteroatoms. The first-order valence-corrected chi connectivity index (χ1v) is 7.33. The SMILES string of the molecule is Cc1c(C(=O)NC(C)c2nnc3ccccn23)cccc1[N+](=O)[O-]. The van der Waals surface area contributed by atoms with Crippen LogP contribution in [0.25, 0.3) is 5.65 Å².